The van der Waals surface area contributed by atoms with E-state index in [1.165, 1.54) is 5.69 Å². The number of phenolic OH excluding ortho intramolecular Hbond substituents is 1. The van der Waals surface area contributed by atoms with Gasteiger partial charge in [0.1, 0.15) is 5.75 Å². The molecule has 0 fully saturated rings. The minimum atomic E-state index is -0.446. The van der Waals surface area contributed by atoms with E-state index in [1.54, 1.807) is 18.3 Å². The fourth-order valence-electron chi connectivity index (χ4n) is 3.32. The highest BCUT2D eigenvalue weighted by Crippen LogP contribution is 2.24. The number of carbonyl (C=O) groups is 1. The minimum absolute atomic E-state index is 0.0623. The lowest BCUT2D eigenvalue weighted by molar-refractivity contribution is 0.0952. The number of amides is 1. The Morgan fingerprint density at radius 1 is 1.00 bits per heavy atom. The second-order valence-electron chi connectivity index (χ2n) is 6.99. The molecule has 0 atom stereocenters. The van der Waals surface area contributed by atoms with Crippen molar-refractivity contribution in [3.63, 3.8) is 0 Å². The fraction of sp³-hybridized carbons (Fsp3) is 0.250. The van der Waals surface area contributed by atoms with Gasteiger partial charge in [-0.1, -0.05) is 50.2 Å². The molecule has 0 aliphatic carbocycles. The summed E-state index contributed by atoms with van der Waals surface area (Å²) in [5.41, 5.74) is 4.77. The van der Waals surface area contributed by atoms with Crippen LogP contribution < -0.4 is 10.3 Å². The summed E-state index contributed by atoms with van der Waals surface area (Å²) in [6.45, 7) is 6.43. The lowest BCUT2D eigenvalue weighted by atomic mass is 10.1. The number of carbonyl (C=O) groups excluding carboxylic acids is 1. The molecule has 0 aliphatic rings. The standard InChI is InChI=1S/C24H27N3O2/c1-3-13-27(14-4-2)21-11-9-18(10-12-21)17-25-26-24(29)22-15-19-7-5-6-8-20(19)16-23(22)28/h5-12,15-17,28H,3-4,13-14H2,1-2H3,(H,26,29). The van der Waals surface area contributed by atoms with E-state index in [-0.39, 0.29) is 11.3 Å². The first-order chi connectivity index (χ1) is 14.1. The van der Waals surface area contributed by atoms with Crippen LogP contribution in [0.1, 0.15) is 42.6 Å². The van der Waals surface area contributed by atoms with E-state index >= 15 is 0 Å². The average Bonchev–Trinajstić information content (AvgIpc) is 2.73. The number of hydrogen-bond donors (Lipinski definition) is 2. The monoisotopic (exact) mass is 389 g/mol. The first-order valence-corrected chi connectivity index (χ1v) is 10.0. The quantitative estimate of drug-likeness (QED) is 0.424. The molecule has 0 radical (unpaired) electrons. The van der Waals surface area contributed by atoms with Crippen LogP contribution in [0.3, 0.4) is 0 Å². The molecule has 3 aromatic rings. The number of benzene rings is 3. The van der Waals surface area contributed by atoms with Crippen molar-refractivity contribution in [1.82, 2.24) is 5.43 Å². The van der Waals surface area contributed by atoms with Crippen LogP contribution in [0.5, 0.6) is 5.75 Å². The van der Waals surface area contributed by atoms with Crippen LogP contribution in [0.4, 0.5) is 5.69 Å². The predicted molar refractivity (Wildman–Crippen MR) is 120 cm³/mol. The number of aromatic hydroxyl groups is 1. The Balaban J connectivity index is 1.66. The van der Waals surface area contributed by atoms with Gasteiger partial charge in [-0.05, 0) is 53.4 Å². The van der Waals surface area contributed by atoms with Crippen molar-refractivity contribution in [3.8, 4) is 5.75 Å². The molecule has 0 bridgehead atoms. The number of nitrogens with one attached hydrogen (secondary N) is 1. The van der Waals surface area contributed by atoms with Crippen molar-refractivity contribution in [2.45, 2.75) is 26.7 Å². The SMILES string of the molecule is CCCN(CCC)c1ccc(C=NNC(=O)c2cc3ccccc3cc2O)cc1. The third-order valence-corrected chi connectivity index (χ3v) is 4.73. The Hall–Kier alpha value is -3.34. The Labute approximate surface area is 171 Å². The highest BCUT2D eigenvalue weighted by molar-refractivity contribution is 6.01. The van der Waals surface area contributed by atoms with Crippen molar-refractivity contribution >= 4 is 28.6 Å². The highest BCUT2D eigenvalue weighted by Gasteiger charge is 2.11. The van der Waals surface area contributed by atoms with Gasteiger partial charge in [0.2, 0.25) is 0 Å². The molecule has 150 valence electrons. The average molecular weight is 389 g/mol. The van der Waals surface area contributed by atoms with Gasteiger partial charge in [0.05, 0.1) is 11.8 Å². The third-order valence-electron chi connectivity index (χ3n) is 4.73. The summed E-state index contributed by atoms with van der Waals surface area (Å²) < 4.78 is 0. The summed E-state index contributed by atoms with van der Waals surface area (Å²) >= 11 is 0. The Morgan fingerprint density at radius 2 is 1.62 bits per heavy atom. The number of hydrogen-bond acceptors (Lipinski definition) is 4. The molecule has 0 spiro atoms. The van der Waals surface area contributed by atoms with Crippen LogP contribution in [0.2, 0.25) is 0 Å². The molecule has 1 amide bonds. The van der Waals surface area contributed by atoms with Crippen LogP contribution in [-0.2, 0) is 0 Å². The lowest BCUT2D eigenvalue weighted by Crippen LogP contribution is -2.24. The largest absolute Gasteiger partial charge is 0.507 e. The minimum Gasteiger partial charge on any atom is -0.507 e. The van der Waals surface area contributed by atoms with Crippen molar-refractivity contribution in [3.05, 3.63) is 71.8 Å². The fourth-order valence-corrected chi connectivity index (χ4v) is 3.32. The number of anilines is 1. The number of hydrazone groups is 1. The molecule has 3 aromatic carbocycles. The normalized spacial score (nSPS) is 11.1. The summed E-state index contributed by atoms with van der Waals surface area (Å²) in [4.78, 5) is 14.8. The smallest absolute Gasteiger partial charge is 0.275 e. The molecule has 0 saturated heterocycles. The second kappa shape index (κ2) is 9.73. The van der Waals surface area contributed by atoms with E-state index in [2.05, 4.69) is 41.4 Å². The predicted octanol–water partition coefficient (Wildman–Crippen LogP) is 4.94. The van der Waals surface area contributed by atoms with Gasteiger partial charge >= 0.3 is 0 Å². The summed E-state index contributed by atoms with van der Waals surface area (Å²) in [5, 5.41) is 16.0. The van der Waals surface area contributed by atoms with Crippen LogP contribution in [0.25, 0.3) is 10.8 Å². The van der Waals surface area contributed by atoms with E-state index in [0.717, 1.165) is 42.3 Å². The molecule has 0 unspecified atom stereocenters. The van der Waals surface area contributed by atoms with Gasteiger partial charge in [-0.3, -0.25) is 4.79 Å². The van der Waals surface area contributed by atoms with E-state index in [0.29, 0.717) is 0 Å². The van der Waals surface area contributed by atoms with Crippen molar-refractivity contribution < 1.29 is 9.90 Å². The van der Waals surface area contributed by atoms with Crippen LogP contribution in [-0.4, -0.2) is 30.3 Å². The molecular weight excluding hydrogens is 362 g/mol. The molecule has 0 aliphatic heterocycles. The third kappa shape index (κ3) is 5.13. The van der Waals surface area contributed by atoms with Gasteiger partial charge in [0, 0.05) is 18.8 Å². The zero-order valence-corrected chi connectivity index (χ0v) is 16.9. The zero-order valence-electron chi connectivity index (χ0n) is 16.9. The molecule has 2 N–H and O–H groups in total. The molecule has 3 rings (SSSR count). The van der Waals surface area contributed by atoms with Gasteiger partial charge in [-0.2, -0.15) is 5.10 Å². The lowest BCUT2D eigenvalue weighted by Gasteiger charge is -2.23. The first-order valence-electron chi connectivity index (χ1n) is 10.0. The Morgan fingerprint density at radius 3 is 2.24 bits per heavy atom. The van der Waals surface area contributed by atoms with Crippen molar-refractivity contribution in [1.29, 1.82) is 0 Å². The summed E-state index contributed by atoms with van der Waals surface area (Å²) in [6.07, 6.45) is 3.82. The maximum absolute atomic E-state index is 12.4. The van der Waals surface area contributed by atoms with E-state index in [9.17, 15) is 9.90 Å². The molecule has 5 nitrogen and oxygen atoms in total. The molecule has 0 saturated carbocycles. The van der Waals surface area contributed by atoms with Crippen molar-refractivity contribution in [2.24, 2.45) is 5.10 Å². The number of fused-ring (bicyclic) bond motifs is 1. The van der Waals surface area contributed by atoms with Gasteiger partial charge in [-0.25, -0.2) is 5.43 Å². The van der Waals surface area contributed by atoms with Crippen molar-refractivity contribution in [2.75, 3.05) is 18.0 Å². The van der Waals surface area contributed by atoms with Crippen LogP contribution >= 0.6 is 0 Å². The summed E-state index contributed by atoms with van der Waals surface area (Å²) in [5.74, 6) is -0.508. The molecule has 5 heteroatoms. The molecule has 29 heavy (non-hydrogen) atoms. The van der Waals surface area contributed by atoms with E-state index < -0.39 is 5.91 Å². The first kappa shape index (κ1) is 20.4. The van der Waals surface area contributed by atoms with Gasteiger partial charge in [0.15, 0.2) is 0 Å². The summed E-state index contributed by atoms with van der Waals surface area (Å²) in [7, 11) is 0. The highest BCUT2D eigenvalue weighted by atomic mass is 16.3. The number of phenols is 1. The molecule has 0 aromatic heterocycles. The van der Waals surface area contributed by atoms with Gasteiger partial charge in [0.25, 0.3) is 5.91 Å². The van der Waals surface area contributed by atoms with Crippen LogP contribution in [0.15, 0.2) is 65.8 Å². The van der Waals surface area contributed by atoms with Crippen LogP contribution in [0, 0.1) is 0 Å². The van der Waals surface area contributed by atoms with Gasteiger partial charge in [-0.15, -0.1) is 0 Å². The second-order valence-corrected chi connectivity index (χ2v) is 6.99. The van der Waals surface area contributed by atoms with E-state index in [4.69, 9.17) is 0 Å². The maximum Gasteiger partial charge on any atom is 0.275 e. The zero-order chi connectivity index (χ0) is 20.6. The summed E-state index contributed by atoms with van der Waals surface area (Å²) in [6, 6.07) is 18.9. The molecular formula is C24H27N3O2. The Bertz CT molecular complexity index is 991. The van der Waals surface area contributed by atoms with E-state index in [1.807, 2.05) is 36.4 Å². The topological polar surface area (TPSA) is 64.9 Å². The maximum atomic E-state index is 12.4. The molecule has 0 heterocycles. The van der Waals surface area contributed by atoms with Gasteiger partial charge < -0.3 is 10.0 Å². The number of nitrogens with zero attached hydrogens (tertiary/aromatic N) is 2. The number of rotatable bonds is 8. The Kier molecular flexibility index (Phi) is 6.85.